The maximum Gasteiger partial charge on any atom is 0.163 e. The second-order valence-corrected chi connectivity index (χ2v) is 8.86. The van der Waals surface area contributed by atoms with E-state index in [1.54, 1.807) is 0 Å². The molecule has 1 aliphatic heterocycles. The van der Waals surface area contributed by atoms with E-state index in [4.69, 9.17) is 30.5 Å². The Labute approximate surface area is 183 Å². The number of benzene rings is 2. The van der Waals surface area contributed by atoms with Gasteiger partial charge in [-0.15, -0.1) is 11.6 Å². The van der Waals surface area contributed by atoms with Gasteiger partial charge in [0.05, 0.1) is 12.5 Å². The lowest BCUT2D eigenvalue weighted by Gasteiger charge is -2.26. The van der Waals surface area contributed by atoms with Crippen molar-refractivity contribution in [1.29, 1.82) is 0 Å². The summed E-state index contributed by atoms with van der Waals surface area (Å²) in [7, 11) is 0. The summed E-state index contributed by atoms with van der Waals surface area (Å²) in [6, 6.07) is 16.1. The molecule has 30 heavy (non-hydrogen) atoms. The molecule has 1 heterocycles. The molecule has 2 unspecified atom stereocenters. The van der Waals surface area contributed by atoms with Crippen molar-refractivity contribution in [3.8, 4) is 11.5 Å². The first-order valence-corrected chi connectivity index (χ1v) is 10.8. The zero-order chi connectivity index (χ0) is 21.8. The molecule has 0 radical (unpaired) electrons. The predicted molar refractivity (Wildman–Crippen MR) is 118 cm³/mol. The number of hydrogen-bond acceptors (Lipinski definition) is 5. The lowest BCUT2D eigenvalue weighted by Crippen LogP contribution is -2.25. The minimum absolute atomic E-state index is 0.0533. The van der Waals surface area contributed by atoms with Crippen LogP contribution in [0.2, 0.25) is 0 Å². The molecule has 1 saturated heterocycles. The van der Waals surface area contributed by atoms with E-state index in [0.717, 1.165) is 5.75 Å². The summed E-state index contributed by atoms with van der Waals surface area (Å²) >= 11 is 5.60. The summed E-state index contributed by atoms with van der Waals surface area (Å²) in [5.74, 6) is 1.14. The smallest absolute Gasteiger partial charge is 0.163 e. The number of aliphatic hydroxyl groups is 1. The zero-order valence-corrected chi connectivity index (χ0v) is 18.8. The third-order valence-corrected chi connectivity index (χ3v) is 5.63. The summed E-state index contributed by atoms with van der Waals surface area (Å²) < 4.78 is 22.8. The third kappa shape index (κ3) is 5.88. The van der Waals surface area contributed by atoms with Gasteiger partial charge in [-0.2, -0.15) is 0 Å². The first-order chi connectivity index (χ1) is 14.2. The Bertz CT molecular complexity index is 801. The van der Waals surface area contributed by atoms with E-state index in [0.29, 0.717) is 19.0 Å². The molecule has 6 heteroatoms. The van der Waals surface area contributed by atoms with E-state index in [9.17, 15) is 5.11 Å². The van der Waals surface area contributed by atoms with Gasteiger partial charge in [-0.1, -0.05) is 38.1 Å². The first kappa shape index (κ1) is 22.9. The summed E-state index contributed by atoms with van der Waals surface area (Å²) in [5, 5.41) is 9.52. The highest BCUT2D eigenvalue weighted by Crippen LogP contribution is 2.33. The van der Waals surface area contributed by atoms with E-state index in [1.807, 2.05) is 50.2 Å². The van der Waals surface area contributed by atoms with E-state index >= 15 is 0 Å². The molecule has 0 bridgehead atoms. The van der Waals surface area contributed by atoms with Crippen LogP contribution < -0.4 is 9.47 Å². The molecule has 0 spiro atoms. The molecular formula is C24H31ClO5. The van der Waals surface area contributed by atoms with Crippen molar-refractivity contribution < 1.29 is 24.1 Å². The van der Waals surface area contributed by atoms with Crippen molar-refractivity contribution >= 4 is 11.6 Å². The fourth-order valence-corrected chi connectivity index (χ4v) is 3.46. The van der Waals surface area contributed by atoms with E-state index in [2.05, 4.69) is 26.0 Å². The van der Waals surface area contributed by atoms with Crippen molar-refractivity contribution in [3.63, 3.8) is 0 Å². The Balaban J connectivity index is 1.59. The molecule has 2 aromatic carbocycles. The van der Waals surface area contributed by atoms with Gasteiger partial charge in [0.1, 0.15) is 36.9 Å². The van der Waals surface area contributed by atoms with Crippen LogP contribution in [0.15, 0.2) is 48.5 Å². The van der Waals surface area contributed by atoms with E-state index in [1.165, 1.54) is 11.1 Å². The Morgan fingerprint density at radius 1 is 1.03 bits per heavy atom. The van der Waals surface area contributed by atoms with Gasteiger partial charge < -0.3 is 24.1 Å². The van der Waals surface area contributed by atoms with Gasteiger partial charge >= 0.3 is 0 Å². The van der Waals surface area contributed by atoms with Gasteiger partial charge in [0, 0.05) is 5.41 Å². The van der Waals surface area contributed by atoms with Gasteiger partial charge in [0.25, 0.3) is 0 Å². The van der Waals surface area contributed by atoms with E-state index in [-0.39, 0.29) is 24.0 Å². The Morgan fingerprint density at radius 3 is 2.03 bits per heavy atom. The molecule has 3 rings (SSSR count). The van der Waals surface area contributed by atoms with Crippen LogP contribution in [0, 0.1) is 0 Å². The average Bonchev–Trinajstić information content (AvgIpc) is 3.09. The van der Waals surface area contributed by atoms with Crippen LogP contribution in [0.1, 0.15) is 38.8 Å². The number of ether oxygens (including phenoxy) is 4. The average molecular weight is 435 g/mol. The minimum atomic E-state index is -0.664. The monoisotopic (exact) mass is 434 g/mol. The van der Waals surface area contributed by atoms with Crippen LogP contribution in [-0.2, 0) is 14.9 Å². The fraction of sp³-hybridized carbons (Fsp3) is 0.500. The SMILES string of the molecule is CC1(C)OCC(COc2ccc(C(C)(C)c3ccc(OCC(O)CCl)cc3)cc2)O1. The maximum absolute atomic E-state index is 9.52. The van der Waals surface area contributed by atoms with Crippen LogP contribution in [0.25, 0.3) is 0 Å². The van der Waals surface area contributed by atoms with Crippen molar-refractivity contribution in [2.75, 3.05) is 25.7 Å². The highest BCUT2D eigenvalue weighted by Gasteiger charge is 2.33. The zero-order valence-electron chi connectivity index (χ0n) is 18.1. The number of rotatable bonds is 9. The molecule has 0 saturated carbocycles. The quantitative estimate of drug-likeness (QED) is 0.588. The van der Waals surface area contributed by atoms with Crippen LogP contribution in [0.5, 0.6) is 11.5 Å². The second kappa shape index (κ2) is 9.56. The summed E-state index contributed by atoms with van der Waals surface area (Å²) in [4.78, 5) is 0. The Kier molecular flexibility index (Phi) is 7.30. The van der Waals surface area contributed by atoms with E-state index < -0.39 is 11.9 Å². The molecule has 164 valence electrons. The van der Waals surface area contributed by atoms with Gasteiger partial charge in [0.15, 0.2) is 5.79 Å². The van der Waals surface area contributed by atoms with Crippen molar-refractivity contribution in [2.24, 2.45) is 0 Å². The standard InChI is InChI=1S/C24H31ClO5/c1-23(2,17-5-9-20(10-6-17)27-14-19(26)13-25)18-7-11-21(12-8-18)28-15-22-16-29-24(3,4)30-22/h5-12,19,22,26H,13-16H2,1-4H3. The predicted octanol–water partition coefficient (Wildman–Crippen LogP) is 4.52. The van der Waals surface area contributed by atoms with Crippen LogP contribution in [0.4, 0.5) is 0 Å². The molecule has 1 fully saturated rings. The third-order valence-electron chi connectivity index (χ3n) is 5.28. The lowest BCUT2D eigenvalue weighted by molar-refractivity contribution is -0.141. The highest BCUT2D eigenvalue weighted by molar-refractivity contribution is 6.18. The highest BCUT2D eigenvalue weighted by atomic mass is 35.5. The molecule has 1 N–H and O–H groups in total. The molecule has 2 aromatic rings. The van der Waals surface area contributed by atoms with Crippen molar-refractivity contribution in [1.82, 2.24) is 0 Å². The lowest BCUT2D eigenvalue weighted by atomic mass is 9.78. The molecule has 5 nitrogen and oxygen atoms in total. The molecule has 0 aromatic heterocycles. The molecule has 2 atom stereocenters. The summed E-state index contributed by atoms with van der Waals surface area (Å²) in [5.41, 5.74) is 2.17. The Morgan fingerprint density at radius 2 is 1.57 bits per heavy atom. The normalized spacial score (nSPS) is 19.5. The number of alkyl halides is 1. The van der Waals surface area contributed by atoms with Crippen molar-refractivity contribution in [3.05, 3.63) is 59.7 Å². The molecular weight excluding hydrogens is 404 g/mol. The van der Waals surface area contributed by atoms with Gasteiger partial charge in [0.2, 0.25) is 0 Å². The van der Waals surface area contributed by atoms with Crippen LogP contribution >= 0.6 is 11.6 Å². The second-order valence-electron chi connectivity index (χ2n) is 8.55. The van der Waals surface area contributed by atoms with Crippen LogP contribution in [-0.4, -0.2) is 48.8 Å². The largest absolute Gasteiger partial charge is 0.491 e. The minimum Gasteiger partial charge on any atom is -0.491 e. The molecule has 0 amide bonds. The number of aliphatic hydroxyl groups excluding tert-OH is 1. The van der Waals surface area contributed by atoms with Crippen molar-refractivity contribution in [2.45, 2.75) is 51.1 Å². The van der Waals surface area contributed by atoms with Crippen LogP contribution in [0.3, 0.4) is 0 Å². The number of halogens is 1. The van der Waals surface area contributed by atoms with Gasteiger partial charge in [-0.25, -0.2) is 0 Å². The summed E-state index contributed by atoms with van der Waals surface area (Å²) in [6.07, 6.45) is -0.717. The molecule has 1 aliphatic rings. The fourth-order valence-electron chi connectivity index (χ4n) is 3.37. The first-order valence-electron chi connectivity index (χ1n) is 10.2. The van der Waals surface area contributed by atoms with Gasteiger partial charge in [-0.3, -0.25) is 0 Å². The number of hydrogen-bond donors (Lipinski definition) is 1. The summed E-state index contributed by atoms with van der Waals surface area (Å²) in [6.45, 7) is 9.37. The Hall–Kier alpha value is -1.79. The van der Waals surface area contributed by atoms with Gasteiger partial charge in [-0.05, 0) is 49.2 Å². The topological polar surface area (TPSA) is 57.2 Å². The molecule has 0 aliphatic carbocycles. The maximum atomic E-state index is 9.52.